The van der Waals surface area contributed by atoms with Crippen LogP contribution < -0.4 is 10.6 Å². The summed E-state index contributed by atoms with van der Waals surface area (Å²) in [5, 5.41) is 6.73. The zero-order chi connectivity index (χ0) is 15.3. The van der Waals surface area contributed by atoms with Crippen molar-refractivity contribution in [3.8, 4) is 0 Å². The van der Waals surface area contributed by atoms with Gasteiger partial charge in [-0.15, -0.1) is 24.0 Å². The summed E-state index contributed by atoms with van der Waals surface area (Å²) in [6.07, 6.45) is 4.29. The Balaban J connectivity index is 0.00000242. The van der Waals surface area contributed by atoms with Gasteiger partial charge in [-0.25, -0.2) is 4.98 Å². The highest BCUT2D eigenvalue weighted by molar-refractivity contribution is 14.0. The van der Waals surface area contributed by atoms with Gasteiger partial charge in [0.2, 0.25) is 5.89 Å². The van der Waals surface area contributed by atoms with E-state index in [0.717, 1.165) is 17.5 Å². The van der Waals surface area contributed by atoms with Crippen LogP contribution in [0.25, 0.3) is 0 Å². The van der Waals surface area contributed by atoms with Crippen molar-refractivity contribution in [2.75, 3.05) is 18.6 Å². The molecule has 2 heterocycles. The summed E-state index contributed by atoms with van der Waals surface area (Å²) in [6.45, 7) is 6.90. The molecule has 2 rings (SSSR count). The third kappa shape index (κ3) is 5.98. The molecule has 0 spiro atoms. The number of aromatic nitrogens is 1. The number of rotatable bonds is 3. The molecule has 1 aliphatic rings. The number of oxazole rings is 1. The van der Waals surface area contributed by atoms with Gasteiger partial charge in [-0.3, -0.25) is 4.99 Å². The summed E-state index contributed by atoms with van der Waals surface area (Å²) in [5.41, 5.74) is -0.00943. The quantitative estimate of drug-likeness (QED) is 0.431. The van der Waals surface area contributed by atoms with Crippen LogP contribution in [-0.2, 0) is 12.0 Å². The molecule has 5 nitrogen and oxygen atoms in total. The summed E-state index contributed by atoms with van der Waals surface area (Å²) in [6, 6.07) is 0.504. The summed E-state index contributed by atoms with van der Waals surface area (Å²) in [5.74, 6) is 4.84. The van der Waals surface area contributed by atoms with Gasteiger partial charge >= 0.3 is 0 Å². The Hall–Kier alpha value is -0.440. The monoisotopic (exact) mass is 438 g/mol. The first-order valence-electron chi connectivity index (χ1n) is 7.49. The molecule has 0 aromatic carbocycles. The van der Waals surface area contributed by atoms with E-state index in [-0.39, 0.29) is 29.4 Å². The highest BCUT2D eigenvalue weighted by Crippen LogP contribution is 2.22. The Kier molecular flexibility index (Phi) is 8.02. The molecule has 1 aromatic rings. The molecule has 1 aromatic heterocycles. The zero-order valence-electron chi connectivity index (χ0n) is 13.8. The van der Waals surface area contributed by atoms with E-state index >= 15 is 0 Å². The van der Waals surface area contributed by atoms with Crippen LogP contribution in [0.4, 0.5) is 0 Å². The first kappa shape index (κ1) is 19.6. The zero-order valence-corrected chi connectivity index (χ0v) is 17.0. The van der Waals surface area contributed by atoms with Gasteiger partial charge in [-0.05, 0) is 18.6 Å². The second-order valence-electron chi connectivity index (χ2n) is 6.35. The Morgan fingerprint density at radius 1 is 1.50 bits per heavy atom. The van der Waals surface area contributed by atoms with Crippen molar-refractivity contribution in [3.63, 3.8) is 0 Å². The topological polar surface area (TPSA) is 62.5 Å². The highest BCUT2D eigenvalue weighted by atomic mass is 127. The molecular formula is C15H27IN4OS. The van der Waals surface area contributed by atoms with E-state index in [1.165, 1.54) is 18.6 Å². The van der Waals surface area contributed by atoms with Crippen molar-refractivity contribution in [3.05, 3.63) is 17.8 Å². The van der Waals surface area contributed by atoms with E-state index in [0.29, 0.717) is 18.5 Å². The summed E-state index contributed by atoms with van der Waals surface area (Å²) in [7, 11) is 1.79. The van der Waals surface area contributed by atoms with Crippen LogP contribution in [-0.4, -0.2) is 35.5 Å². The Morgan fingerprint density at radius 2 is 2.27 bits per heavy atom. The maximum atomic E-state index is 5.77. The normalized spacial score (nSPS) is 19.5. The van der Waals surface area contributed by atoms with Gasteiger partial charge in [0.05, 0.1) is 12.7 Å². The lowest BCUT2D eigenvalue weighted by Crippen LogP contribution is -2.45. The van der Waals surface area contributed by atoms with Gasteiger partial charge < -0.3 is 15.1 Å². The Bertz CT molecular complexity index is 478. The summed E-state index contributed by atoms with van der Waals surface area (Å²) in [4.78, 5) is 8.59. The fraction of sp³-hybridized carbons (Fsp3) is 0.733. The molecule has 1 atom stereocenters. The minimum absolute atomic E-state index is 0. The van der Waals surface area contributed by atoms with Gasteiger partial charge in [0.15, 0.2) is 5.96 Å². The molecule has 0 aliphatic carbocycles. The molecule has 2 N–H and O–H groups in total. The standard InChI is InChI=1S/C15H26N4OS.HI/c1-15(2,3)12-8-17-13(20-12)9-18-14(16-4)19-11-6-5-7-21-10-11;/h8,11H,5-7,9-10H2,1-4H3,(H2,16,18,19);1H. The molecule has 1 saturated heterocycles. The first-order chi connectivity index (χ1) is 9.99. The largest absolute Gasteiger partial charge is 0.443 e. The van der Waals surface area contributed by atoms with E-state index in [2.05, 4.69) is 41.4 Å². The molecule has 22 heavy (non-hydrogen) atoms. The molecule has 0 saturated carbocycles. The number of hydrogen-bond donors (Lipinski definition) is 2. The first-order valence-corrected chi connectivity index (χ1v) is 8.64. The molecule has 0 bridgehead atoms. The fourth-order valence-corrected chi connectivity index (χ4v) is 3.21. The predicted octanol–water partition coefficient (Wildman–Crippen LogP) is 3.15. The van der Waals surface area contributed by atoms with Gasteiger partial charge in [0, 0.05) is 24.3 Å². The maximum absolute atomic E-state index is 5.77. The number of guanidine groups is 1. The molecule has 1 unspecified atom stereocenters. The average Bonchev–Trinajstić information content (AvgIpc) is 2.93. The van der Waals surface area contributed by atoms with Gasteiger partial charge in [0.25, 0.3) is 0 Å². The Morgan fingerprint density at radius 3 is 2.82 bits per heavy atom. The van der Waals surface area contributed by atoms with Crippen LogP contribution >= 0.6 is 35.7 Å². The number of aliphatic imine (C=N–C) groups is 1. The van der Waals surface area contributed by atoms with E-state index in [1.807, 2.05) is 18.0 Å². The second-order valence-corrected chi connectivity index (χ2v) is 7.50. The lowest BCUT2D eigenvalue weighted by atomic mass is 9.94. The molecule has 0 amide bonds. The smallest absolute Gasteiger partial charge is 0.213 e. The number of hydrogen-bond acceptors (Lipinski definition) is 4. The average molecular weight is 438 g/mol. The van der Waals surface area contributed by atoms with Crippen molar-refractivity contribution in [1.29, 1.82) is 0 Å². The van der Waals surface area contributed by atoms with Crippen LogP contribution in [0.15, 0.2) is 15.6 Å². The lowest BCUT2D eigenvalue weighted by molar-refractivity contribution is 0.379. The fourth-order valence-electron chi connectivity index (χ4n) is 2.14. The third-order valence-electron chi connectivity index (χ3n) is 3.42. The predicted molar refractivity (Wildman–Crippen MR) is 104 cm³/mol. The molecule has 1 fully saturated rings. The molecule has 1 aliphatic heterocycles. The minimum atomic E-state index is -0.00943. The van der Waals surface area contributed by atoms with Gasteiger partial charge in [-0.1, -0.05) is 20.8 Å². The van der Waals surface area contributed by atoms with Crippen molar-refractivity contribution in [1.82, 2.24) is 15.6 Å². The number of halogens is 1. The summed E-state index contributed by atoms with van der Waals surface area (Å²) >= 11 is 2.00. The maximum Gasteiger partial charge on any atom is 0.213 e. The van der Waals surface area contributed by atoms with Crippen LogP contribution in [0.2, 0.25) is 0 Å². The van der Waals surface area contributed by atoms with Crippen LogP contribution in [0.5, 0.6) is 0 Å². The van der Waals surface area contributed by atoms with Crippen LogP contribution in [0.1, 0.15) is 45.3 Å². The van der Waals surface area contributed by atoms with Crippen LogP contribution in [0, 0.1) is 0 Å². The second kappa shape index (κ2) is 9.00. The SMILES string of the molecule is CN=C(NCc1ncc(C(C)(C)C)o1)NC1CCCSC1.I. The molecule has 126 valence electrons. The van der Waals surface area contributed by atoms with E-state index in [1.54, 1.807) is 7.05 Å². The van der Waals surface area contributed by atoms with Crippen molar-refractivity contribution in [2.24, 2.45) is 4.99 Å². The van der Waals surface area contributed by atoms with Crippen molar-refractivity contribution in [2.45, 2.75) is 51.6 Å². The minimum Gasteiger partial charge on any atom is -0.443 e. The van der Waals surface area contributed by atoms with E-state index in [4.69, 9.17) is 4.42 Å². The van der Waals surface area contributed by atoms with Crippen molar-refractivity contribution < 1.29 is 4.42 Å². The molecular weight excluding hydrogens is 411 g/mol. The van der Waals surface area contributed by atoms with Gasteiger partial charge in [0.1, 0.15) is 5.76 Å². The molecule has 7 heteroatoms. The number of nitrogens with one attached hydrogen (secondary N) is 2. The van der Waals surface area contributed by atoms with Gasteiger partial charge in [-0.2, -0.15) is 11.8 Å². The lowest BCUT2D eigenvalue weighted by Gasteiger charge is -2.24. The Labute approximate surface area is 154 Å². The van der Waals surface area contributed by atoms with E-state index < -0.39 is 0 Å². The number of nitrogens with zero attached hydrogens (tertiary/aromatic N) is 2. The molecule has 0 radical (unpaired) electrons. The summed E-state index contributed by atoms with van der Waals surface area (Å²) < 4.78 is 5.77. The van der Waals surface area contributed by atoms with E-state index in [9.17, 15) is 0 Å². The number of thioether (sulfide) groups is 1. The highest BCUT2D eigenvalue weighted by Gasteiger charge is 2.19. The third-order valence-corrected chi connectivity index (χ3v) is 4.64. The van der Waals surface area contributed by atoms with Crippen LogP contribution in [0.3, 0.4) is 0 Å². The van der Waals surface area contributed by atoms with Crippen molar-refractivity contribution >= 4 is 41.7 Å².